The van der Waals surface area contributed by atoms with Crippen molar-refractivity contribution in [3.8, 4) is 102 Å². The van der Waals surface area contributed by atoms with E-state index in [1.54, 1.807) is 0 Å². The quantitative estimate of drug-likeness (QED) is 0.158. The average molecular weight is 871 g/mol. The van der Waals surface area contributed by atoms with Crippen molar-refractivity contribution in [3.63, 3.8) is 0 Å². The first-order valence-corrected chi connectivity index (χ1v) is 22.7. The van der Waals surface area contributed by atoms with Crippen LogP contribution in [0.3, 0.4) is 0 Å². The second-order valence-corrected chi connectivity index (χ2v) is 17.0. The number of para-hydroxylation sites is 1. The fourth-order valence-corrected chi connectivity index (χ4v) is 9.95. The smallest absolute Gasteiger partial charge is 0.164 e. The summed E-state index contributed by atoms with van der Waals surface area (Å²) in [6.45, 7) is 0. The van der Waals surface area contributed by atoms with Gasteiger partial charge >= 0.3 is 0 Å². The van der Waals surface area contributed by atoms with E-state index >= 15 is 0 Å². The molecule has 7 heteroatoms. The van der Waals surface area contributed by atoms with Gasteiger partial charge in [0, 0.05) is 56.3 Å². The van der Waals surface area contributed by atoms with E-state index in [1.807, 2.05) is 109 Å². The minimum absolute atomic E-state index is 0.611. The molecule has 2 aliphatic rings. The van der Waals surface area contributed by atoms with Gasteiger partial charge < -0.3 is 4.74 Å². The third-order valence-electron chi connectivity index (χ3n) is 13.1. The molecule has 0 radical (unpaired) electrons. The van der Waals surface area contributed by atoms with Crippen molar-refractivity contribution in [3.05, 3.63) is 253 Å². The zero-order chi connectivity index (χ0) is 45.0. The molecule has 1 atom stereocenters. The topological polar surface area (TPSA) is 86.6 Å². The first-order valence-electron chi connectivity index (χ1n) is 22.7. The maximum atomic E-state index is 6.97. The maximum Gasteiger partial charge on any atom is 0.164 e. The Labute approximate surface area is 393 Å². The van der Waals surface area contributed by atoms with E-state index in [4.69, 9.17) is 29.7 Å². The van der Waals surface area contributed by atoms with Crippen LogP contribution in [0.2, 0.25) is 0 Å². The summed E-state index contributed by atoms with van der Waals surface area (Å²) in [5.41, 5.74) is 15.3. The van der Waals surface area contributed by atoms with Crippen LogP contribution in [0.15, 0.2) is 231 Å². The van der Waals surface area contributed by atoms with Crippen LogP contribution in [-0.4, -0.2) is 29.9 Å². The van der Waals surface area contributed by atoms with Gasteiger partial charge in [0.2, 0.25) is 0 Å². The van der Waals surface area contributed by atoms with Gasteiger partial charge in [-0.25, -0.2) is 24.9 Å². The van der Waals surface area contributed by atoms with Gasteiger partial charge in [0.15, 0.2) is 23.3 Å². The molecular formula is C61H38N6O. The van der Waals surface area contributed by atoms with Crippen LogP contribution in [0.5, 0.6) is 11.5 Å². The van der Waals surface area contributed by atoms with Gasteiger partial charge in [-0.1, -0.05) is 188 Å². The van der Waals surface area contributed by atoms with Gasteiger partial charge in [-0.05, 0) is 58.7 Å². The minimum Gasteiger partial charge on any atom is -0.457 e. The van der Waals surface area contributed by atoms with E-state index in [0.717, 1.165) is 95.3 Å². The zero-order valence-electron chi connectivity index (χ0n) is 36.5. The molecule has 11 aromatic rings. The number of rotatable bonds is 7. The molecule has 4 heterocycles. The van der Waals surface area contributed by atoms with Gasteiger partial charge in [-0.3, -0.25) is 4.98 Å². The number of benzene rings is 8. The number of fused-ring (bicyclic) bond motifs is 9. The fraction of sp³-hybridized carbons (Fsp3) is 0.0164. The van der Waals surface area contributed by atoms with E-state index in [1.165, 1.54) is 5.56 Å². The summed E-state index contributed by atoms with van der Waals surface area (Å²) in [5, 5.41) is 0. The highest BCUT2D eigenvalue weighted by Gasteiger charge is 2.51. The molecule has 318 valence electrons. The van der Waals surface area contributed by atoms with Crippen LogP contribution in [-0.2, 0) is 5.41 Å². The van der Waals surface area contributed by atoms with E-state index in [0.29, 0.717) is 23.3 Å². The summed E-state index contributed by atoms with van der Waals surface area (Å²) < 4.78 is 6.97. The minimum atomic E-state index is -0.682. The second-order valence-electron chi connectivity index (χ2n) is 17.0. The Balaban J connectivity index is 0.965. The van der Waals surface area contributed by atoms with Gasteiger partial charge in [0.05, 0.1) is 22.5 Å². The molecule has 1 aliphatic heterocycles. The number of ether oxygens (including phenoxy) is 1. The van der Waals surface area contributed by atoms with Crippen molar-refractivity contribution in [1.82, 2.24) is 29.9 Å². The first-order chi connectivity index (χ1) is 33.7. The Hall–Kier alpha value is -9.20. The Bertz CT molecular complexity index is 3640. The largest absolute Gasteiger partial charge is 0.457 e. The lowest BCUT2D eigenvalue weighted by Gasteiger charge is -2.39. The normalized spacial score (nSPS) is 14.1. The van der Waals surface area contributed by atoms with E-state index in [2.05, 4.69) is 126 Å². The van der Waals surface area contributed by atoms with Crippen LogP contribution in [0.25, 0.3) is 90.5 Å². The summed E-state index contributed by atoms with van der Waals surface area (Å²) in [4.78, 5) is 30.1. The molecule has 0 amide bonds. The Morgan fingerprint density at radius 3 is 1.40 bits per heavy atom. The summed E-state index contributed by atoms with van der Waals surface area (Å²) in [5.74, 6) is 4.08. The van der Waals surface area contributed by atoms with Crippen LogP contribution in [0.1, 0.15) is 22.3 Å². The molecule has 8 aromatic carbocycles. The standard InChI is InChI=1S/C61H38N6O/c1-4-16-41(17-5-1)57-63-53(40-29-27-39(28-30-40)52-25-14-15-35-62-52)38-54(64-57)44-31-34-51-56(37-44)68-55-26-13-12-24-50(55)61(51)48-23-11-10-22-46(48)47-36-45(32-33-49(47)61)60-66-58(42-18-6-2-7-19-42)65-59(67-60)43-20-8-3-9-21-43/h1-38H. The van der Waals surface area contributed by atoms with Crippen LogP contribution in [0, 0.1) is 0 Å². The molecule has 0 saturated heterocycles. The zero-order valence-corrected chi connectivity index (χ0v) is 36.5. The van der Waals surface area contributed by atoms with Gasteiger partial charge in [-0.2, -0.15) is 0 Å². The Morgan fingerprint density at radius 2 is 0.750 bits per heavy atom. The molecule has 0 fully saturated rings. The highest BCUT2D eigenvalue weighted by Crippen LogP contribution is 2.62. The molecule has 1 unspecified atom stereocenters. The molecule has 1 aliphatic carbocycles. The van der Waals surface area contributed by atoms with Gasteiger partial charge in [-0.15, -0.1) is 0 Å². The van der Waals surface area contributed by atoms with Crippen LogP contribution in [0.4, 0.5) is 0 Å². The van der Waals surface area contributed by atoms with Crippen molar-refractivity contribution in [2.45, 2.75) is 5.41 Å². The fourth-order valence-electron chi connectivity index (χ4n) is 9.95. The molecule has 3 aromatic heterocycles. The third kappa shape index (κ3) is 6.51. The average Bonchev–Trinajstić information content (AvgIpc) is 3.71. The molecule has 1 spiro atoms. The number of aromatic nitrogens is 6. The van der Waals surface area contributed by atoms with Crippen molar-refractivity contribution >= 4 is 0 Å². The molecule has 0 saturated carbocycles. The van der Waals surface area contributed by atoms with E-state index in [-0.39, 0.29) is 0 Å². The highest BCUT2D eigenvalue weighted by atomic mass is 16.5. The first kappa shape index (κ1) is 39.2. The Morgan fingerprint density at radius 1 is 0.279 bits per heavy atom. The summed E-state index contributed by atoms with van der Waals surface area (Å²) in [7, 11) is 0. The number of nitrogens with zero attached hydrogens (tertiary/aromatic N) is 6. The number of pyridine rings is 1. The summed E-state index contributed by atoms with van der Waals surface area (Å²) in [6.07, 6.45) is 1.82. The van der Waals surface area contributed by atoms with Crippen molar-refractivity contribution in [1.29, 1.82) is 0 Å². The van der Waals surface area contributed by atoms with Crippen molar-refractivity contribution in [2.75, 3.05) is 0 Å². The van der Waals surface area contributed by atoms with Crippen LogP contribution < -0.4 is 4.74 Å². The highest BCUT2D eigenvalue weighted by molar-refractivity contribution is 5.91. The molecule has 0 bridgehead atoms. The molecule has 7 nitrogen and oxygen atoms in total. The molecule has 13 rings (SSSR count). The third-order valence-corrected chi connectivity index (χ3v) is 13.1. The van der Waals surface area contributed by atoms with Crippen molar-refractivity contribution < 1.29 is 4.74 Å². The monoisotopic (exact) mass is 870 g/mol. The van der Waals surface area contributed by atoms with Gasteiger partial charge in [0.1, 0.15) is 11.5 Å². The lowest BCUT2D eigenvalue weighted by Crippen LogP contribution is -2.32. The maximum absolute atomic E-state index is 6.97. The van der Waals surface area contributed by atoms with Crippen molar-refractivity contribution in [2.24, 2.45) is 0 Å². The van der Waals surface area contributed by atoms with E-state index < -0.39 is 5.41 Å². The summed E-state index contributed by atoms with van der Waals surface area (Å²) in [6, 6.07) is 77.2. The molecular weight excluding hydrogens is 833 g/mol. The lowest BCUT2D eigenvalue weighted by molar-refractivity contribution is 0.436. The summed E-state index contributed by atoms with van der Waals surface area (Å²) >= 11 is 0. The molecule has 0 N–H and O–H groups in total. The van der Waals surface area contributed by atoms with Crippen LogP contribution >= 0.6 is 0 Å². The Kier molecular flexibility index (Phi) is 9.25. The van der Waals surface area contributed by atoms with E-state index in [9.17, 15) is 0 Å². The number of hydrogen-bond acceptors (Lipinski definition) is 7. The predicted molar refractivity (Wildman–Crippen MR) is 269 cm³/mol. The SMILES string of the molecule is c1ccc(-c2nc(-c3ccc(-c4ccccn4)cc3)cc(-c3ccc4c(c3)Oc3ccccc3C43c4ccccc4-c4cc(-c5nc(-c6ccccc6)nc(-c6ccccc6)n5)ccc43)n2)cc1. The lowest BCUT2D eigenvalue weighted by atomic mass is 9.66. The molecule has 68 heavy (non-hydrogen) atoms. The predicted octanol–water partition coefficient (Wildman–Crippen LogP) is 14.2. The second kappa shape index (κ2) is 16.0. The van der Waals surface area contributed by atoms with Gasteiger partial charge in [0.25, 0.3) is 0 Å². The number of hydrogen-bond donors (Lipinski definition) is 0.